The molecule has 7 nitrogen and oxygen atoms in total. The molecule has 0 aliphatic heterocycles. The quantitative estimate of drug-likeness (QED) is 0.486. The molecule has 1 saturated carbocycles. The number of hydrogen-bond donors (Lipinski definition) is 3. The standard InChI is InChI=1S/C27H24N2O5/c30-25(29-18-7-5-6-16(12-18)26(31)32)23-13-17(23)14-28-27(33)34-15-24-21-10-3-1-8-19(21)20-9-2-4-11-22(20)24/h1-12,17,23-24H,13-15H2,(H,28,33)(H,29,30)(H,31,32)/t17-,23-/m1/s1. The van der Waals surface area contributed by atoms with Crippen molar-refractivity contribution in [2.24, 2.45) is 11.8 Å². The van der Waals surface area contributed by atoms with E-state index in [0.717, 1.165) is 11.1 Å². The second kappa shape index (κ2) is 9.02. The van der Waals surface area contributed by atoms with Crippen LogP contribution < -0.4 is 10.6 Å². The molecular formula is C27H24N2O5. The van der Waals surface area contributed by atoms with E-state index in [1.807, 2.05) is 24.3 Å². The van der Waals surface area contributed by atoms with Crippen LogP contribution in [-0.4, -0.2) is 36.2 Å². The van der Waals surface area contributed by atoms with Crippen LogP contribution in [0.2, 0.25) is 0 Å². The molecule has 0 spiro atoms. The van der Waals surface area contributed by atoms with Crippen molar-refractivity contribution in [2.45, 2.75) is 12.3 Å². The number of hydrogen-bond acceptors (Lipinski definition) is 4. The van der Waals surface area contributed by atoms with E-state index in [-0.39, 0.29) is 35.8 Å². The number of nitrogens with one attached hydrogen (secondary N) is 2. The van der Waals surface area contributed by atoms with Crippen molar-refractivity contribution in [1.29, 1.82) is 0 Å². The number of amides is 2. The van der Waals surface area contributed by atoms with Crippen molar-refractivity contribution in [3.8, 4) is 11.1 Å². The molecule has 2 atom stereocenters. The van der Waals surface area contributed by atoms with E-state index in [2.05, 4.69) is 34.9 Å². The van der Waals surface area contributed by atoms with Gasteiger partial charge in [0.15, 0.2) is 0 Å². The summed E-state index contributed by atoms with van der Waals surface area (Å²) >= 11 is 0. The molecule has 0 heterocycles. The largest absolute Gasteiger partial charge is 0.478 e. The van der Waals surface area contributed by atoms with Crippen LogP contribution in [0.25, 0.3) is 11.1 Å². The number of benzene rings is 3. The molecule has 1 fully saturated rings. The van der Waals surface area contributed by atoms with E-state index < -0.39 is 12.1 Å². The number of carbonyl (C=O) groups excluding carboxylic acids is 2. The van der Waals surface area contributed by atoms with Crippen LogP contribution in [0.15, 0.2) is 72.8 Å². The van der Waals surface area contributed by atoms with Gasteiger partial charge in [0.1, 0.15) is 6.61 Å². The maximum absolute atomic E-state index is 12.4. The first-order chi connectivity index (χ1) is 16.5. The Morgan fingerprint density at radius 1 is 0.912 bits per heavy atom. The molecule has 2 amide bonds. The first-order valence-electron chi connectivity index (χ1n) is 11.2. The minimum absolute atomic E-state index is 0.000771. The lowest BCUT2D eigenvalue weighted by Gasteiger charge is -2.14. The third kappa shape index (κ3) is 4.37. The highest BCUT2D eigenvalue weighted by Gasteiger charge is 2.43. The molecule has 0 unspecified atom stereocenters. The zero-order chi connectivity index (χ0) is 23.7. The lowest BCUT2D eigenvalue weighted by atomic mass is 9.98. The average Bonchev–Trinajstić information content (AvgIpc) is 3.57. The first kappa shape index (κ1) is 21.7. The molecule has 5 rings (SSSR count). The van der Waals surface area contributed by atoms with Gasteiger partial charge in [0.25, 0.3) is 0 Å². The molecule has 2 aliphatic rings. The second-order valence-corrected chi connectivity index (χ2v) is 8.68. The Bertz CT molecular complexity index is 1230. The fraction of sp³-hybridized carbons (Fsp3) is 0.222. The van der Waals surface area contributed by atoms with E-state index in [1.165, 1.54) is 23.3 Å². The van der Waals surface area contributed by atoms with Crippen molar-refractivity contribution in [3.05, 3.63) is 89.5 Å². The fourth-order valence-corrected chi connectivity index (χ4v) is 4.62. The van der Waals surface area contributed by atoms with Gasteiger partial charge in [0.2, 0.25) is 5.91 Å². The summed E-state index contributed by atoms with van der Waals surface area (Å²) in [6.45, 7) is 0.596. The molecule has 0 aromatic heterocycles. The first-order valence-corrected chi connectivity index (χ1v) is 11.2. The number of carboxylic acid groups (broad SMARTS) is 1. The lowest BCUT2D eigenvalue weighted by molar-refractivity contribution is -0.117. The van der Waals surface area contributed by atoms with Gasteiger partial charge in [-0.3, -0.25) is 4.79 Å². The Kier molecular flexibility index (Phi) is 5.76. The Balaban J connectivity index is 1.10. The van der Waals surface area contributed by atoms with Gasteiger partial charge in [-0.25, -0.2) is 9.59 Å². The maximum atomic E-state index is 12.4. The SMILES string of the molecule is O=C(NC[C@H]1C[C@H]1C(=O)Nc1cccc(C(=O)O)c1)OCC1c2ccccc2-c2ccccc21. The van der Waals surface area contributed by atoms with Gasteiger partial charge in [0, 0.05) is 24.1 Å². The van der Waals surface area contributed by atoms with E-state index in [0.29, 0.717) is 18.7 Å². The van der Waals surface area contributed by atoms with Crippen LogP contribution in [0.4, 0.5) is 10.5 Å². The zero-order valence-electron chi connectivity index (χ0n) is 18.4. The predicted octanol–water partition coefficient (Wildman–Crippen LogP) is 4.50. The normalized spacial score (nSPS) is 17.9. The summed E-state index contributed by atoms with van der Waals surface area (Å²) in [6.07, 6.45) is 0.163. The van der Waals surface area contributed by atoms with Gasteiger partial charge in [-0.05, 0) is 52.8 Å². The Morgan fingerprint density at radius 2 is 1.59 bits per heavy atom. The zero-order valence-corrected chi connectivity index (χ0v) is 18.4. The van der Waals surface area contributed by atoms with Crippen LogP contribution in [0, 0.1) is 11.8 Å². The van der Waals surface area contributed by atoms with Gasteiger partial charge in [-0.1, -0.05) is 54.6 Å². The Hall–Kier alpha value is -4.13. The third-order valence-electron chi connectivity index (χ3n) is 6.49. The average molecular weight is 456 g/mol. The summed E-state index contributed by atoms with van der Waals surface area (Å²) < 4.78 is 5.54. The van der Waals surface area contributed by atoms with Gasteiger partial charge < -0.3 is 20.5 Å². The Morgan fingerprint density at radius 3 is 2.26 bits per heavy atom. The predicted molar refractivity (Wildman–Crippen MR) is 127 cm³/mol. The second-order valence-electron chi connectivity index (χ2n) is 8.68. The molecule has 172 valence electrons. The van der Waals surface area contributed by atoms with Gasteiger partial charge in [-0.15, -0.1) is 0 Å². The lowest BCUT2D eigenvalue weighted by Crippen LogP contribution is -2.29. The van der Waals surface area contributed by atoms with E-state index >= 15 is 0 Å². The number of fused-ring (bicyclic) bond motifs is 3. The van der Waals surface area contributed by atoms with Crippen LogP contribution >= 0.6 is 0 Å². The molecule has 7 heteroatoms. The van der Waals surface area contributed by atoms with E-state index in [9.17, 15) is 14.4 Å². The van der Waals surface area contributed by atoms with E-state index in [1.54, 1.807) is 12.1 Å². The molecule has 0 saturated heterocycles. The molecular weight excluding hydrogens is 432 g/mol. The van der Waals surface area contributed by atoms with E-state index in [4.69, 9.17) is 9.84 Å². The number of carbonyl (C=O) groups is 3. The Labute approximate surface area is 196 Å². The maximum Gasteiger partial charge on any atom is 0.407 e. The van der Waals surface area contributed by atoms with Gasteiger partial charge in [-0.2, -0.15) is 0 Å². The fourth-order valence-electron chi connectivity index (χ4n) is 4.62. The molecule has 3 aromatic rings. The smallest absolute Gasteiger partial charge is 0.407 e. The third-order valence-corrected chi connectivity index (χ3v) is 6.49. The van der Waals surface area contributed by atoms with Crippen LogP contribution in [0.5, 0.6) is 0 Å². The van der Waals surface area contributed by atoms with Gasteiger partial charge in [0.05, 0.1) is 5.56 Å². The summed E-state index contributed by atoms with van der Waals surface area (Å²) in [5, 5.41) is 14.6. The van der Waals surface area contributed by atoms with Gasteiger partial charge >= 0.3 is 12.1 Å². The highest BCUT2D eigenvalue weighted by Crippen LogP contribution is 2.44. The monoisotopic (exact) mass is 456 g/mol. The van der Waals surface area contributed by atoms with Crippen LogP contribution in [-0.2, 0) is 9.53 Å². The number of alkyl carbamates (subject to hydrolysis) is 1. The molecule has 34 heavy (non-hydrogen) atoms. The molecule has 2 aliphatic carbocycles. The molecule has 3 aromatic carbocycles. The summed E-state index contributed by atoms with van der Waals surface area (Å²) in [5.41, 5.74) is 5.22. The van der Waals surface area contributed by atoms with Crippen LogP contribution in [0.1, 0.15) is 33.8 Å². The molecule has 3 N–H and O–H groups in total. The van der Waals surface area contributed by atoms with Crippen molar-refractivity contribution >= 4 is 23.7 Å². The van der Waals surface area contributed by atoms with Crippen molar-refractivity contribution in [1.82, 2.24) is 5.32 Å². The number of aromatic carboxylic acids is 1. The van der Waals surface area contributed by atoms with Crippen molar-refractivity contribution in [3.63, 3.8) is 0 Å². The highest BCUT2D eigenvalue weighted by atomic mass is 16.5. The minimum atomic E-state index is -1.05. The van der Waals surface area contributed by atoms with Crippen LogP contribution in [0.3, 0.4) is 0 Å². The summed E-state index contributed by atoms with van der Waals surface area (Å²) in [4.78, 5) is 35.9. The molecule has 0 bridgehead atoms. The summed E-state index contributed by atoms with van der Waals surface area (Å²) in [5.74, 6) is -1.42. The van der Waals surface area contributed by atoms with Crippen molar-refractivity contribution < 1.29 is 24.2 Å². The highest BCUT2D eigenvalue weighted by molar-refractivity contribution is 5.96. The number of anilines is 1. The minimum Gasteiger partial charge on any atom is -0.478 e. The molecule has 0 radical (unpaired) electrons. The van der Waals surface area contributed by atoms with Crippen molar-refractivity contribution in [2.75, 3.05) is 18.5 Å². The number of rotatable bonds is 7. The number of carboxylic acids is 1. The summed E-state index contributed by atoms with van der Waals surface area (Å²) in [6, 6.07) is 22.5. The number of ether oxygens (including phenoxy) is 1. The summed E-state index contributed by atoms with van der Waals surface area (Å²) in [7, 11) is 0. The topological polar surface area (TPSA) is 105 Å².